The van der Waals surface area contributed by atoms with E-state index in [-0.39, 0.29) is 17.1 Å². The number of rotatable bonds is 3. The van der Waals surface area contributed by atoms with Gasteiger partial charge in [0, 0.05) is 17.5 Å². The zero-order valence-electron chi connectivity index (χ0n) is 10.4. The van der Waals surface area contributed by atoms with Gasteiger partial charge in [-0.3, -0.25) is 4.79 Å². The Balaban J connectivity index is 1.93. The van der Waals surface area contributed by atoms with Crippen LogP contribution in [-0.2, 0) is 0 Å². The molecule has 0 spiro atoms. The summed E-state index contributed by atoms with van der Waals surface area (Å²) in [5.41, 5.74) is 1.20. The van der Waals surface area contributed by atoms with E-state index in [2.05, 4.69) is 5.32 Å². The van der Waals surface area contributed by atoms with Crippen LogP contribution in [-0.4, -0.2) is 17.8 Å². The maximum absolute atomic E-state index is 13.1. The molecule has 2 nitrogen and oxygen atoms in total. The number of benzene rings is 1. The minimum atomic E-state index is -0.382. The minimum absolute atomic E-state index is 0.204. The van der Waals surface area contributed by atoms with Crippen molar-refractivity contribution < 1.29 is 9.18 Å². The smallest absolute Gasteiger partial charge is 0.251 e. The molecule has 0 radical (unpaired) electrons. The van der Waals surface area contributed by atoms with Crippen molar-refractivity contribution in [2.75, 3.05) is 6.54 Å². The van der Waals surface area contributed by atoms with E-state index in [1.807, 2.05) is 0 Å². The van der Waals surface area contributed by atoms with Crippen molar-refractivity contribution in [2.24, 2.45) is 5.92 Å². The molecule has 1 aromatic rings. The molecule has 1 N–H and O–H groups in total. The molecule has 18 heavy (non-hydrogen) atoms. The summed E-state index contributed by atoms with van der Waals surface area (Å²) in [6.07, 6.45) is 3.02. The van der Waals surface area contributed by atoms with Gasteiger partial charge in [0.25, 0.3) is 5.91 Å². The van der Waals surface area contributed by atoms with Gasteiger partial charge in [-0.2, -0.15) is 0 Å². The van der Waals surface area contributed by atoms with Crippen molar-refractivity contribution in [3.05, 3.63) is 35.1 Å². The standard InChI is InChI=1S/C14H17ClFNO/c1-9-2-5-12(16)7-13(9)14(18)17-8-10-3-4-11(15)6-10/h2,5,7,10-11H,3-4,6,8H2,1H3,(H,17,18). The Kier molecular flexibility index (Phi) is 4.23. The summed E-state index contributed by atoms with van der Waals surface area (Å²) in [5.74, 6) is -0.136. The number of aryl methyl sites for hydroxylation is 1. The second-order valence-corrected chi connectivity index (χ2v) is 5.56. The third-order valence-electron chi connectivity index (χ3n) is 3.47. The van der Waals surface area contributed by atoms with Crippen LogP contribution in [0.4, 0.5) is 4.39 Å². The fourth-order valence-electron chi connectivity index (χ4n) is 2.37. The normalized spacial score (nSPS) is 23.1. The Morgan fingerprint density at radius 3 is 2.94 bits per heavy atom. The molecule has 1 aliphatic carbocycles. The number of nitrogens with one attached hydrogen (secondary N) is 1. The van der Waals surface area contributed by atoms with Gasteiger partial charge in [-0.15, -0.1) is 11.6 Å². The number of hydrogen-bond donors (Lipinski definition) is 1. The lowest BCUT2D eigenvalue weighted by Crippen LogP contribution is -2.29. The molecule has 0 bridgehead atoms. The molecule has 0 aromatic heterocycles. The number of amides is 1. The summed E-state index contributed by atoms with van der Waals surface area (Å²) in [5, 5.41) is 3.10. The predicted octanol–water partition coefficient (Wildman–Crippen LogP) is 3.27. The van der Waals surface area contributed by atoms with Crippen molar-refractivity contribution >= 4 is 17.5 Å². The molecular weight excluding hydrogens is 253 g/mol. The molecule has 1 fully saturated rings. The lowest BCUT2D eigenvalue weighted by molar-refractivity contribution is 0.0946. The highest BCUT2D eigenvalue weighted by molar-refractivity contribution is 6.20. The summed E-state index contributed by atoms with van der Waals surface area (Å²) >= 11 is 6.02. The monoisotopic (exact) mass is 269 g/mol. The summed E-state index contributed by atoms with van der Waals surface area (Å²) in [6, 6.07) is 4.26. The van der Waals surface area contributed by atoms with E-state index in [1.165, 1.54) is 12.1 Å². The fourth-order valence-corrected chi connectivity index (χ4v) is 2.75. The van der Waals surface area contributed by atoms with E-state index in [0.29, 0.717) is 18.0 Å². The maximum atomic E-state index is 13.1. The third-order valence-corrected chi connectivity index (χ3v) is 3.87. The highest BCUT2D eigenvalue weighted by atomic mass is 35.5. The fraction of sp³-hybridized carbons (Fsp3) is 0.500. The molecule has 4 heteroatoms. The van der Waals surface area contributed by atoms with Crippen molar-refractivity contribution in [1.82, 2.24) is 5.32 Å². The van der Waals surface area contributed by atoms with E-state index in [1.54, 1.807) is 13.0 Å². The minimum Gasteiger partial charge on any atom is -0.352 e. The number of hydrogen-bond acceptors (Lipinski definition) is 1. The first kappa shape index (κ1) is 13.3. The van der Waals surface area contributed by atoms with E-state index >= 15 is 0 Å². The van der Waals surface area contributed by atoms with Gasteiger partial charge in [0.15, 0.2) is 0 Å². The Bertz CT molecular complexity index is 449. The number of alkyl halides is 1. The molecule has 2 unspecified atom stereocenters. The molecule has 1 amide bonds. The maximum Gasteiger partial charge on any atom is 0.251 e. The van der Waals surface area contributed by atoms with Crippen molar-refractivity contribution in [3.63, 3.8) is 0 Å². The summed E-state index contributed by atoms with van der Waals surface area (Å²) in [4.78, 5) is 11.9. The Labute approximate surface area is 112 Å². The van der Waals surface area contributed by atoms with Crippen LogP contribution < -0.4 is 5.32 Å². The van der Waals surface area contributed by atoms with Gasteiger partial charge >= 0.3 is 0 Å². The van der Waals surface area contributed by atoms with Crippen LogP contribution >= 0.6 is 11.6 Å². The molecule has 1 aliphatic rings. The second-order valence-electron chi connectivity index (χ2n) is 4.95. The van der Waals surface area contributed by atoms with Gasteiger partial charge in [0.2, 0.25) is 0 Å². The zero-order chi connectivity index (χ0) is 13.1. The lowest BCUT2D eigenvalue weighted by Gasteiger charge is -2.12. The van der Waals surface area contributed by atoms with Crippen LogP contribution in [0.15, 0.2) is 18.2 Å². The SMILES string of the molecule is Cc1ccc(F)cc1C(=O)NCC1CCC(Cl)C1. The van der Waals surface area contributed by atoms with Crippen molar-refractivity contribution in [3.8, 4) is 0 Å². The van der Waals surface area contributed by atoms with E-state index in [4.69, 9.17) is 11.6 Å². The number of halogens is 2. The van der Waals surface area contributed by atoms with Gasteiger partial charge in [-0.05, 0) is 49.8 Å². The first-order valence-electron chi connectivity index (χ1n) is 6.24. The number of carbonyl (C=O) groups excluding carboxylic acids is 1. The van der Waals surface area contributed by atoms with E-state index < -0.39 is 0 Å². The molecule has 2 rings (SSSR count). The largest absolute Gasteiger partial charge is 0.352 e. The van der Waals surface area contributed by atoms with Crippen molar-refractivity contribution in [2.45, 2.75) is 31.6 Å². The molecule has 1 aromatic carbocycles. The van der Waals surface area contributed by atoms with Gasteiger partial charge in [0.05, 0.1) is 0 Å². The van der Waals surface area contributed by atoms with E-state index in [0.717, 1.165) is 24.8 Å². The number of carbonyl (C=O) groups is 1. The predicted molar refractivity (Wildman–Crippen MR) is 70.5 cm³/mol. The topological polar surface area (TPSA) is 29.1 Å². The molecular formula is C14H17ClFNO. The summed E-state index contributed by atoms with van der Waals surface area (Å²) in [7, 11) is 0. The molecule has 2 atom stereocenters. The molecule has 0 aliphatic heterocycles. The van der Waals surface area contributed by atoms with Gasteiger partial charge < -0.3 is 5.32 Å². The average molecular weight is 270 g/mol. The second kappa shape index (κ2) is 5.70. The van der Waals surface area contributed by atoms with Crippen LogP contribution in [0.25, 0.3) is 0 Å². The van der Waals surface area contributed by atoms with Gasteiger partial charge in [-0.25, -0.2) is 4.39 Å². The zero-order valence-corrected chi connectivity index (χ0v) is 11.1. The van der Waals surface area contributed by atoms with Crippen molar-refractivity contribution in [1.29, 1.82) is 0 Å². The third kappa shape index (κ3) is 3.22. The van der Waals surface area contributed by atoms with E-state index in [9.17, 15) is 9.18 Å². The van der Waals surface area contributed by atoms with Crippen LogP contribution in [0.3, 0.4) is 0 Å². The molecule has 98 valence electrons. The molecule has 1 saturated carbocycles. The first-order chi connectivity index (χ1) is 8.56. The molecule has 0 heterocycles. The highest BCUT2D eigenvalue weighted by Crippen LogP contribution is 2.28. The van der Waals surface area contributed by atoms with Crippen LogP contribution in [0.1, 0.15) is 35.2 Å². The lowest BCUT2D eigenvalue weighted by atomic mass is 10.1. The highest BCUT2D eigenvalue weighted by Gasteiger charge is 2.23. The Morgan fingerprint density at radius 1 is 1.50 bits per heavy atom. The average Bonchev–Trinajstić information content (AvgIpc) is 2.75. The Hall–Kier alpha value is -1.09. The quantitative estimate of drug-likeness (QED) is 0.839. The van der Waals surface area contributed by atoms with Crippen LogP contribution in [0, 0.1) is 18.7 Å². The van der Waals surface area contributed by atoms with Crippen LogP contribution in [0.5, 0.6) is 0 Å². The Morgan fingerprint density at radius 2 is 2.28 bits per heavy atom. The van der Waals surface area contributed by atoms with Gasteiger partial charge in [-0.1, -0.05) is 6.07 Å². The summed E-state index contributed by atoms with van der Waals surface area (Å²) < 4.78 is 13.1. The van der Waals surface area contributed by atoms with Crippen LogP contribution in [0.2, 0.25) is 0 Å². The summed E-state index contributed by atoms with van der Waals surface area (Å²) in [6.45, 7) is 2.43. The molecule has 0 saturated heterocycles. The van der Waals surface area contributed by atoms with Gasteiger partial charge in [0.1, 0.15) is 5.82 Å². The first-order valence-corrected chi connectivity index (χ1v) is 6.68.